The number of nitrogens with one attached hydrogen (secondary N) is 1. The Hall–Kier alpha value is -1.58. The predicted octanol–water partition coefficient (Wildman–Crippen LogP) is 4.91. The number of nitrogens with zero attached hydrogens (tertiary/aromatic N) is 1. The molecule has 6 rings (SSSR count). The van der Waals surface area contributed by atoms with Crippen molar-refractivity contribution in [2.45, 2.75) is 77.7 Å². The Morgan fingerprint density at radius 3 is 2.82 bits per heavy atom. The third-order valence-electron chi connectivity index (χ3n) is 9.45. The van der Waals surface area contributed by atoms with E-state index >= 15 is 0 Å². The number of aromatic nitrogens is 2. The molecule has 0 bridgehead atoms. The van der Waals surface area contributed by atoms with Crippen LogP contribution in [0.2, 0.25) is 0 Å². The molecule has 4 fully saturated rings. The van der Waals surface area contributed by atoms with Gasteiger partial charge in [0.1, 0.15) is 6.10 Å². The van der Waals surface area contributed by atoms with Crippen LogP contribution in [0.3, 0.4) is 0 Å². The lowest BCUT2D eigenvalue weighted by Crippen LogP contribution is -2.52. The Balaban J connectivity index is 1.27. The first-order valence-corrected chi connectivity index (χ1v) is 11.4. The van der Waals surface area contributed by atoms with Crippen LogP contribution in [0.5, 0.6) is 0 Å². The molecule has 28 heavy (non-hydrogen) atoms. The summed E-state index contributed by atoms with van der Waals surface area (Å²) < 4.78 is 6.09. The van der Waals surface area contributed by atoms with Crippen molar-refractivity contribution in [3.8, 4) is 0 Å². The van der Waals surface area contributed by atoms with Gasteiger partial charge in [-0.2, -0.15) is 5.10 Å². The first kappa shape index (κ1) is 17.3. The molecule has 150 valence electrons. The maximum absolute atomic E-state index is 12.4. The van der Waals surface area contributed by atoms with Crippen LogP contribution >= 0.6 is 0 Å². The zero-order chi connectivity index (χ0) is 19.1. The number of esters is 1. The van der Waals surface area contributed by atoms with E-state index in [-0.39, 0.29) is 28.8 Å². The third kappa shape index (κ3) is 2.29. The number of allylic oxidation sites excluding steroid dienone is 1. The lowest BCUT2D eigenvalue weighted by atomic mass is 9.47. The number of carbonyl (C=O) groups is 1. The number of fused-ring (bicyclic) bond motifs is 6. The third-order valence-corrected chi connectivity index (χ3v) is 9.45. The molecule has 4 saturated carbocycles. The Bertz CT molecular complexity index is 853. The molecule has 0 amide bonds. The predicted molar refractivity (Wildman–Crippen MR) is 107 cm³/mol. The fourth-order valence-electron chi connectivity index (χ4n) is 7.67. The minimum atomic E-state index is 0.0922. The van der Waals surface area contributed by atoms with Gasteiger partial charge in [0.05, 0.1) is 17.8 Å². The molecule has 0 aromatic carbocycles. The van der Waals surface area contributed by atoms with Gasteiger partial charge in [0.15, 0.2) is 0 Å². The lowest BCUT2D eigenvalue weighted by Gasteiger charge is -2.57. The van der Waals surface area contributed by atoms with Crippen molar-refractivity contribution in [2.24, 2.45) is 34.5 Å². The molecular weight excluding hydrogens is 348 g/mol. The number of rotatable bonds is 2. The van der Waals surface area contributed by atoms with Crippen LogP contribution in [0, 0.1) is 34.5 Å². The Kier molecular flexibility index (Phi) is 3.54. The van der Waals surface area contributed by atoms with Gasteiger partial charge < -0.3 is 4.74 Å². The summed E-state index contributed by atoms with van der Waals surface area (Å²) in [5.74, 6) is 2.55. The molecule has 6 atom stereocenters. The number of hydrogen-bond acceptors (Lipinski definition) is 3. The number of carbonyl (C=O) groups excluding carboxylic acids is 1. The molecule has 0 radical (unpaired) electrons. The Morgan fingerprint density at radius 1 is 1.14 bits per heavy atom. The average Bonchev–Trinajstić information content (AvgIpc) is 3.35. The van der Waals surface area contributed by atoms with Crippen molar-refractivity contribution in [2.75, 3.05) is 0 Å². The smallest absolute Gasteiger partial charge is 0.309 e. The molecule has 1 N–H and O–H groups in total. The van der Waals surface area contributed by atoms with Gasteiger partial charge in [-0.3, -0.25) is 9.89 Å². The Morgan fingerprint density at radius 2 is 2.00 bits per heavy atom. The van der Waals surface area contributed by atoms with Crippen LogP contribution in [0.25, 0.3) is 6.08 Å². The van der Waals surface area contributed by atoms with E-state index in [1.807, 2.05) is 6.20 Å². The molecule has 4 heteroatoms. The van der Waals surface area contributed by atoms with E-state index in [4.69, 9.17) is 4.74 Å². The van der Waals surface area contributed by atoms with Crippen LogP contribution < -0.4 is 0 Å². The van der Waals surface area contributed by atoms with E-state index in [0.29, 0.717) is 5.92 Å². The molecule has 1 heterocycles. The highest BCUT2D eigenvalue weighted by molar-refractivity contribution is 5.75. The summed E-state index contributed by atoms with van der Waals surface area (Å²) in [5, 5.41) is 7.49. The van der Waals surface area contributed by atoms with Crippen molar-refractivity contribution in [3.63, 3.8) is 0 Å². The van der Waals surface area contributed by atoms with Gasteiger partial charge in [-0.05, 0) is 92.6 Å². The van der Waals surface area contributed by atoms with Crippen molar-refractivity contribution in [1.82, 2.24) is 10.2 Å². The fourth-order valence-corrected chi connectivity index (χ4v) is 7.67. The lowest BCUT2D eigenvalue weighted by molar-refractivity contribution is -0.161. The maximum Gasteiger partial charge on any atom is 0.309 e. The summed E-state index contributed by atoms with van der Waals surface area (Å²) in [7, 11) is 0. The average molecular weight is 381 g/mol. The maximum atomic E-state index is 12.4. The Labute approximate surface area is 167 Å². The minimum absolute atomic E-state index is 0.0922. The van der Waals surface area contributed by atoms with Crippen molar-refractivity contribution in [3.05, 3.63) is 23.0 Å². The van der Waals surface area contributed by atoms with Gasteiger partial charge >= 0.3 is 5.97 Å². The molecular formula is C24H32N2O2. The summed E-state index contributed by atoms with van der Waals surface area (Å²) >= 11 is 0. The van der Waals surface area contributed by atoms with Gasteiger partial charge in [0.25, 0.3) is 0 Å². The van der Waals surface area contributed by atoms with Crippen LogP contribution in [-0.2, 0) is 16.0 Å². The molecule has 5 aliphatic carbocycles. The van der Waals surface area contributed by atoms with Crippen LogP contribution in [0.4, 0.5) is 0 Å². The topological polar surface area (TPSA) is 55.0 Å². The van der Waals surface area contributed by atoms with Crippen LogP contribution in [-0.4, -0.2) is 22.3 Å². The number of H-pyrrole nitrogens is 1. The van der Waals surface area contributed by atoms with E-state index in [1.165, 1.54) is 43.4 Å². The van der Waals surface area contributed by atoms with Crippen molar-refractivity contribution >= 4 is 12.0 Å². The van der Waals surface area contributed by atoms with E-state index in [2.05, 4.69) is 30.1 Å². The van der Waals surface area contributed by atoms with Crippen molar-refractivity contribution in [1.29, 1.82) is 0 Å². The summed E-state index contributed by atoms with van der Waals surface area (Å²) in [6.45, 7) is 4.96. The van der Waals surface area contributed by atoms with E-state index in [0.717, 1.165) is 37.5 Å². The standard InChI is InChI=1S/C24H32N2O2/c1-23-10-9-19-17(18(23)7-8-21(23)28-22(27)14-3-4-14)6-5-16-11-20-15(13-25-26-20)12-24(16,19)2/h11,13-14,17-19,21H,3-10,12H2,1-2H3,(H,25,26). The zero-order valence-electron chi connectivity index (χ0n) is 17.2. The second-order valence-electron chi connectivity index (χ2n) is 10.8. The molecule has 6 unspecified atom stereocenters. The molecule has 4 nitrogen and oxygen atoms in total. The van der Waals surface area contributed by atoms with E-state index in [1.54, 1.807) is 5.57 Å². The summed E-state index contributed by atoms with van der Waals surface area (Å²) in [5.41, 5.74) is 4.74. The first-order chi connectivity index (χ1) is 13.5. The quantitative estimate of drug-likeness (QED) is 0.742. The molecule has 1 aromatic heterocycles. The van der Waals surface area contributed by atoms with E-state index in [9.17, 15) is 4.79 Å². The molecule has 1 aromatic rings. The number of ether oxygens (including phenoxy) is 1. The fraction of sp³-hybridized carbons (Fsp3) is 0.750. The SMILES string of the molecule is CC12Cc3cn[nH]c3C=C1CCC1C2CCC2(C)C(OC(=O)C3CC3)CCC12. The summed E-state index contributed by atoms with van der Waals surface area (Å²) in [6, 6.07) is 0. The van der Waals surface area contributed by atoms with Gasteiger partial charge in [0.2, 0.25) is 0 Å². The summed E-state index contributed by atoms with van der Waals surface area (Å²) in [6.07, 6.45) is 15.1. The zero-order valence-corrected chi connectivity index (χ0v) is 17.2. The molecule has 0 saturated heterocycles. The van der Waals surface area contributed by atoms with Crippen molar-refractivity contribution < 1.29 is 9.53 Å². The number of hydrogen-bond donors (Lipinski definition) is 1. The second-order valence-corrected chi connectivity index (χ2v) is 10.8. The van der Waals surface area contributed by atoms with Gasteiger partial charge in [-0.15, -0.1) is 0 Å². The first-order valence-electron chi connectivity index (χ1n) is 11.4. The normalized spacial score (nSPS) is 44.0. The van der Waals surface area contributed by atoms with Crippen LogP contribution in [0.1, 0.15) is 76.5 Å². The highest BCUT2D eigenvalue weighted by Gasteiger charge is 2.60. The highest BCUT2D eigenvalue weighted by atomic mass is 16.5. The van der Waals surface area contributed by atoms with Crippen LogP contribution in [0.15, 0.2) is 11.8 Å². The molecule has 5 aliphatic rings. The monoisotopic (exact) mass is 380 g/mol. The van der Waals surface area contributed by atoms with Gasteiger partial charge in [0, 0.05) is 5.41 Å². The van der Waals surface area contributed by atoms with Gasteiger partial charge in [-0.1, -0.05) is 19.4 Å². The van der Waals surface area contributed by atoms with Gasteiger partial charge in [-0.25, -0.2) is 0 Å². The summed E-state index contributed by atoms with van der Waals surface area (Å²) in [4.78, 5) is 12.4. The largest absolute Gasteiger partial charge is 0.462 e. The molecule has 0 spiro atoms. The highest BCUT2D eigenvalue weighted by Crippen LogP contribution is 2.65. The van der Waals surface area contributed by atoms with E-state index < -0.39 is 0 Å². The minimum Gasteiger partial charge on any atom is -0.462 e. The second kappa shape index (κ2) is 5.73. The molecule has 0 aliphatic heterocycles. The number of aromatic amines is 1.